The van der Waals surface area contributed by atoms with Gasteiger partial charge in [-0.2, -0.15) is 5.90 Å². The van der Waals surface area contributed by atoms with Gasteiger partial charge >= 0.3 is 92.9 Å². The Kier molecular flexibility index (Phi) is 15.3. The average molecular weight is 229 g/mol. The molecule has 7 nitrogen and oxygen atoms in total. The summed E-state index contributed by atoms with van der Waals surface area (Å²) in [5, 5.41) is 25.1. The Morgan fingerprint density at radius 1 is 1.23 bits per heavy atom. The fourth-order valence-corrected chi connectivity index (χ4v) is 0.334. The number of nitrogens with two attached hydrogens (primary N) is 1. The molecule has 0 fully saturated rings. The van der Waals surface area contributed by atoms with Crippen LogP contribution in [0.2, 0.25) is 0 Å². The molecule has 0 amide bonds. The van der Waals surface area contributed by atoms with Crippen molar-refractivity contribution in [1.29, 1.82) is 0 Å². The van der Waals surface area contributed by atoms with Crippen LogP contribution >= 0.6 is 0 Å². The van der Waals surface area contributed by atoms with Crippen molar-refractivity contribution in [1.82, 2.24) is 0 Å². The minimum absolute atomic E-state index is 0. The first-order chi connectivity index (χ1) is 5.00. The molecule has 0 aliphatic heterocycles. The summed E-state index contributed by atoms with van der Waals surface area (Å²) in [7, 11) is 0. The second-order valence-corrected chi connectivity index (χ2v) is 1.66. The summed E-state index contributed by atoms with van der Waals surface area (Å²) >= 11 is 0. The van der Waals surface area contributed by atoms with Gasteiger partial charge in [-0.1, -0.05) is 0 Å². The average Bonchev–Trinajstić information content (AvgIpc) is 2.00. The SMILES string of the molecule is NOC(=O)C(O)C(O)C(=O)O.[KH].[NaH]. The summed E-state index contributed by atoms with van der Waals surface area (Å²) in [6.07, 6.45) is -4.37. The van der Waals surface area contributed by atoms with Crippen molar-refractivity contribution in [3.05, 3.63) is 0 Å². The zero-order valence-corrected chi connectivity index (χ0v) is 5.30. The summed E-state index contributed by atoms with van der Waals surface area (Å²) in [5.41, 5.74) is 0. The molecule has 0 radical (unpaired) electrons. The molecule has 0 bridgehead atoms. The van der Waals surface area contributed by atoms with Gasteiger partial charge in [0.2, 0.25) is 0 Å². The number of carbonyl (C=O) groups excluding carboxylic acids is 1. The maximum atomic E-state index is 10.2. The number of hydrogen-bond donors (Lipinski definition) is 4. The molecule has 2 atom stereocenters. The normalized spacial score (nSPS) is 12.8. The summed E-state index contributed by atoms with van der Waals surface area (Å²) in [5.74, 6) is 1.16. The standard InChI is InChI=1S/C4H7NO6.K.Na.2H/c5-11-4(10)2(7)1(6)3(8)9;;;;/h1-2,6-7H,5H2,(H,8,9);;;;. The van der Waals surface area contributed by atoms with Crippen molar-refractivity contribution >= 4 is 92.9 Å². The summed E-state index contributed by atoms with van der Waals surface area (Å²) in [4.78, 5) is 23.6. The number of hydrogen-bond acceptors (Lipinski definition) is 6. The number of carboxylic acids is 1. The van der Waals surface area contributed by atoms with Crippen molar-refractivity contribution in [3.63, 3.8) is 0 Å². The van der Waals surface area contributed by atoms with Crippen molar-refractivity contribution in [3.8, 4) is 0 Å². The van der Waals surface area contributed by atoms with Gasteiger partial charge in [0, 0.05) is 0 Å². The summed E-state index contributed by atoms with van der Waals surface area (Å²) in [6, 6.07) is 0. The topological polar surface area (TPSA) is 130 Å². The Morgan fingerprint density at radius 3 is 1.85 bits per heavy atom. The van der Waals surface area contributed by atoms with Crippen LogP contribution < -0.4 is 5.90 Å². The van der Waals surface area contributed by atoms with Crippen molar-refractivity contribution in [2.24, 2.45) is 5.90 Å². The van der Waals surface area contributed by atoms with E-state index in [9.17, 15) is 9.59 Å². The van der Waals surface area contributed by atoms with Crippen LogP contribution in [0.15, 0.2) is 0 Å². The molecule has 5 N–H and O–H groups in total. The van der Waals surface area contributed by atoms with Crippen LogP contribution in [-0.4, -0.2) is 120 Å². The number of aliphatic hydroxyl groups excluding tert-OH is 2. The number of aliphatic carboxylic acids is 1. The number of carboxylic acid groups (broad SMARTS) is 1. The molecule has 0 aliphatic rings. The molecule has 0 aromatic rings. The van der Waals surface area contributed by atoms with Crippen LogP contribution in [0.4, 0.5) is 0 Å². The fourth-order valence-electron chi connectivity index (χ4n) is 0.334. The molecule has 0 aromatic heterocycles. The molecular formula is C4H9KNNaO6. The van der Waals surface area contributed by atoms with Crippen molar-refractivity contribution in [2.75, 3.05) is 0 Å². The first-order valence-electron chi connectivity index (χ1n) is 2.50. The van der Waals surface area contributed by atoms with Crippen LogP contribution in [-0.2, 0) is 14.4 Å². The Hall–Kier alpha value is 1.46. The van der Waals surface area contributed by atoms with Gasteiger partial charge in [0.1, 0.15) is 0 Å². The summed E-state index contributed by atoms with van der Waals surface area (Å²) < 4.78 is 0. The first kappa shape index (κ1) is 19.9. The van der Waals surface area contributed by atoms with Gasteiger partial charge in [-0.05, 0) is 0 Å². The monoisotopic (exact) mass is 229 g/mol. The van der Waals surface area contributed by atoms with Crippen LogP contribution in [0.3, 0.4) is 0 Å². The molecule has 0 aliphatic carbocycles. The molecule has 0 rings (SSSR count). The molecule has 9 heteroatoms. The van der Waals surface area contributed by atoms with Gasteiger partial charge in [0.05, 0.1) is 0 Å². The second-order valence-electron chi connectivity index (χ2n) is 1.66. The third kappa shape index (κ3) is 7.39. The Morgan fingerprint density at radius 2 is 1.62 bits per heavy atom. The zero-order chi connectivity index (χ0) is 9.02. The van der Waals surface area contributed by atoms with E-state index in [0.29, 0.717) is 0 Å². The Labute approximate surface area is 138 Å². The quantitative estimate of drug-likeness (QED) is 0.286. The molecule has 2 unspecified atom stereocenters. The second kappa shape index (κ2) is 9.99. The predicted octanol–water partition coefficient (Wildman–Crippen LogP) is -4.09. The van der Waals surface area contributed by atoms with E-state index in [2.05, 4.69) is 10.7 Å². The van der Waals surface area contributed by atoms with Crippen molar-refractivity contribution in [2.45, 2.75) is 12.2 Å². The molecule has 0 heterocycles. The van der Waals surface area contributed by atoms with Gasteiger partial charge in [-0.3, -0.25) is 0 Å². The third-order valence-corrected chi connectivity index (χ3v) is 0.910. The van der Waals surface area contributed by atoms with Gasteiger partial charge < -0.3 is 20.2 Å². The molecule has 0 aromatic carbocycles. The van der Waals surface area contributed by atoms with Crippen LogP contribution in [0.1, 0.15) is 0 Å². The number of rotatable bonds is 3. The van der Waals surface area contributed by atoms with Gasteiger partial charge in [-0.25, -0.2) is 9.59 Å². The molecule has 0 saturated carbocycles. The Bertz CT molecular complexity index is 178. The van der Waals surface area contributed by atoms with Crippen LogP contribution in [0, 0.1) is 0 Å². The minimum atomic E-state index is -2.22. The maximum absolute atomic E-state index is 10.2. The van der Waals surface area contributed by atoms with Crippen molar-refractivity contribution < 1.29 is 29.7 Å². The van der Waals surface area contributed by atoms with E-state index in [1.54, 1.807) is 0 Å². The van der Waals surface area contributed by atoms with Gasteiger partial charge in [0.25, 0.3) is 0 Å². The van der Waals surface area contributed by atoms with E-state index >= 15 is 0 Å². The third-order valence-electron chi connectivity index (χ3n) is 0.910. The van der Waals surface area contributed by atoms with E-state index < -0.39 is 24.1 Å². The van der Waals surface area contributed by atoms with Crippen LogP contribution in [0.5, 0.6) is 0 Å². The van der Waals surface area contributed by atoms with E-state index in [1.807, 2.05) is 0 Å². The van der Waals surface area contributed by atoms with Crippen LogP contribution in [0.25, 0.3) is 0 Å². The molecule has 0 spiro atoms. The van der Waals surface area contributed by atoms with E-state index in [-0.39, 0.29) is 80.9 Å². The van der Waals surface area contributed by atoms with Gasteiger partial charge in [0.15, 0.2) is 12.2 Å². The fraction of sp³-hybridized carbons (Fsp3) is 0.500. The van der Waals surface area contributed by atoms with Gasteiger partial charge in [-0.15, -0.1) is 0 Å². The molecule has 68 valence electrons. The van der Waals surface area contributed by atoms with E-state index in [1.165, 1.54) is 0 Å². The molecular weight excluding hydrogens is 220 g/mol. The zero-order valence-electron chi connectivity index (χ0n) is 5.30. The van der Waals surface area contributed by atoms with E-state index in [0.717, 1.165) is 0 Å². The summed E-state index contributed by atoms with van der Waals surface area (Å²) in [6.45, 7) is 0. The Balaban J connectivity index is -0.000000500. The number of carbonyl (C=O) groups is 2. The molecule has 0 saturated heterocycles. The van der Waals surface area contributed by atoms with E-state index in [4.69, 9.17) is 15.3 Å². The molecule has 13 heavy (non-hydrogen) atoms. The predicted molar refractivity (Wildman–Crippen MR) is 44.2 cm³/mol. The number of aliphatic hydroxyl groups is 2. The first-order valence-corrected chi connectivity index (χ1v) is 2.50.